The van der Waals surface area contributed by atoms with Crippen LogP contribution in [0, 0.1) is 0 Å². The summed E-state index contributed by atoms with van der Waals surface area (Å²) in [6.07, 6.45) is 10.3. The van der Waals surface area contributed by atoms with Gasteiger partial charge in [0.25, 0.3) is 0 Å². The molecule has 1 rings (SSSR count). The van der Waals surface area contributed by atoms with Crippen molar-refractivity contribution in [3.05, 3.63) is 12.7 Å². The van der Waals surface area contributed by atoms with Crippen LogP contribution in [0.5, 0.6) is 0 Å². The first-order valence-corrected chi connectivity index (χ1v) is 6.93. The van der Waals surface area contributed by atoms with Gasteiger partial charge in [0.1, 0.15) is 0 Å². The lowest BCUT2D eigenvalue weighted by Crippen LogP contribution is -2.24. The van der Waals surface area contributed by atoms with Crippen LogP contribution in [0.4, 0.5) is 0 Å². The summed E-state index contributed by atoms with van der Waals surface area (Å²) in [5, 5.41) is 3.56. The molecule has 0 aromatic carbocycles. The molecule has 0 saturated heterocycles. The van der Waals surface area contributed by atoms with Crippen LogP contribution in [0.3, 0.4) is 0 Å². The number of nitrogens with zero attached hydrogens (tertiary/aromatic N) is 1. The lowest BCUT2D eigenvalue weighted by Gasteiger charge is -2.17. The first-order chi connectivity index (χ1) is 7.86. The molecule has 16 heavy (non-hydrogen) atoms. The molecule has 0 atom stereocenters. The van der Waals surface area contributed by atoms with Crippen molar-refractivity contribution in [2.45, 2.75) is 51.5 Å². The van der Waals surface area contributed by atoms with Crippen molar-refractivity contribution in [2.24, 2.45) is 0 Å². The Morgan fingerprint density at radius 3 is 2.62 bits per heavy atom. The zero-order valence-corrected chi connectivity index (χ0v) is 10.9. The van der Waals surface area contributed by atoms with Crippen LogP contribution in [-0.2, 0) is 0 Å². The van der Waals surface area contributed by atoms with E-state index in [9.17, 15) is 0 Å². The Balaban J connectivity index is 1.80. The summed E-state index contributed by atoms with van der Waals surface area (Å²) in [7, 11) is 0. The van der Waals surface area contributed by atoms with Gasteiger partial charge in [-0.3, -0.25) is 4.90 Å². The molecule has 2 heteroatoms. The monoisotopic (exact) mass is 224 g/mol. The predicted octanol–water partition coefficient (Wildman–Crippen LogP) is 2.81. The van der Waals surface area contributed by atoms with Gasteiger partial charge in [-0.15, -0.1) is 6.58 Å². The van der Waals surface area contributed by atoms with Gasteiger partial charge >= 0.3 is 0 Å². The van der Waals surface area contributed by atoms with E-state index in [1.165, 1.54) is 51.6 Å². The summed E-state index contributed by atoms with van der Waals surface area (Å²) in [6, 6.07) is 0.878. The van der Waals surface area contributed by atoms with Crippen molar-refractivity contribution >= 4 is 0 Å². The quantitative estimate of drug-likeness (QED) is 0.429. The maximum atomic E-state index is 3.79. The van der Waals surface area contributed by atoms with E-state index in [1.807, 2.05) is 6.08 Å². The van der Waals surface area contributed by atoms with Crippen LogP contribution in [0.25, 0.3) is 0 Å². The van der Waals surface area contributed by atoms with Gasteiger partial charge in [-0.2, -0.15) is 0 Å². The minimum Gasteiger partial charge on any atom is -0.314 e. The molecule has 0 unspecified atom stereocenters. The third-order valence-electron chi connectivity index (χ3n) is 3.25. The Hall–Kier alpha value is -0.340. The van der Waals surface area contributed by atoms with Crippen molar-refractivity contribution < 1.29 is 0 Å². The summed E-state index contributed by atoms with van der Waals surface area (Å²) in [5.74, 6) is 0. The van der Waals surface area contributed by atoms with E-state index in [0.717, 1.165) is 19.1 Å². The largest absolute Gasteiger partial charge is 0.314 e. The van der Waals surface area contributed by atoms with Crippen LogP contribution in [-0.4, -0.2) is 37.1 Å². The Morgan fingerprint density at radius 2 is 2.00 bits per heavy atom. The van der Waals surface area contributed by atoms with Crippen molar-refractivity contribution in [3.63, 3.8) is 0 Å². The maximum absolute atomic E-state index is 3.79. The molecule has 0 amide bonds. The molecule has 0 aromatic rings. The van der Waals surface area contributed by atoms with E-state index in [-0.39, 0.29) is 0 Å². The molecule has 2 nitrogen and oxygen atoms in total. The molecule has 0 bridgehead atoms. The predicted molar refractivity (Wildman–Crippen MR) is 71.8 cm³/mol. The molecule has 0 heterocycles. The second-order valence-electron chi connectivity index (χ2n) is 4.82. The number of hydrogen-bond donors (Lipinski definition) is 1. The Morgan fingerprint density at radius 1 is 1.25 bits per heavy atom. The van der Waals surface area contributed by atoms with Gasteiger partial charge < -0.3 is 5.32 Å². The third-order valence-corrected chi connectivity index (χ3v) is 3.25. The van der Waals surface area contributed by atoms with E-state index >= 15 is 0 Å². The molecular formula is C14H28N2. The van der Waals surface area contributed by atoms with Gasteiger partial charge in [0.05, 0.1) is 0 Å². The number of likely N-dealkylation sites (N-methyl/N-ethyl adjacent to an activating group) is 1. The van der Waals surface area contributed by atoms with Crippen molar-refractivity contribution in [1.29, 1.82) is 0 Å². The highest BCUT2D eigenvalue weighted by Gasteiger charge is 2.19. The molecule has 94 valence electrons. The molecular weight excluding hydrogens is 196 g/mol. The van der Waals surface area contributed by atoms with E-state index < -0.39 is 0 Å². The molecule has 0 radical (unpaired) electrons. The Kier molecular flexibility index (Phi) is 7.52. The highest BCUT2D eigenvalue weighted by molar-refractivity contribution is 4.80. The normalized spacial score (nSPS) is 15.6. The average Bonchev–Trinajstić information content (AvgIpc) is 3.10. The summed E-state index contributed by atoms with van der Waals surface area (Å²) in [6.45, 7) is 10.7. The minimum atomic E-state index is 0.878. The van der Waals surface area contributed by atoms with E-state index in [2.05, 4.69) is 23.7 Å². The van der Waals surface area contributed by atoms with Crippen molar-refractivity contribution in [2.75, 3.05) is 26.2 Å². The van der Waals surface area contributed by atoms with Crippen LogP contribution >= 0.6 is 0 Å². The van der Waals surface area contributed by atoms with Gasteiger partial charge in [0, 0.05) is 12.6 Å². The van der Waals surface area contributed by atoms with Gasteiger partial charge in [-0.25, -0.2) is 0 Å². The summed E-state index contributed by atoms with van der Waals surface area (Å²) in [4.78, 5) is 2.45. The fourth-order valence-electron chi connectivity index (χ4n) is 1.97. The Labute approximate surface area is 101 Å². The number of rotatable bonds is 11. The van der Waals surface area contributed by atoms with Gasteiger partial charge in [0.15, 0.2) is 0 Å². The fraction of sp³-hybridized carbons (Fsp3) is 0.857. The zero-order valence-electron chi connectivity index (χ0n) is 10.9. The lowest BCUT2D eigenvalue weighted by molar-refractivity contribution is 0.309. The highest BCUT2D eigenvalue weighted by Crippen LogP contribution is 2.18. The van der Waals surface area contributed by atoms with Crippen LogP contribution in [0.2, 0.25) is 0 Å². The lowest BCUT2D eigenvalue weighted by atomic mass is 10.2. The summed E-state index contributed by atoms with van der Waals surface area (Å²) in [5.41, 5.74) is 0. The average molecular weight is 224 g/mol. The second kappa shape index (κ2) is 8.77. The maximum Gasteiger partial charge on any atom is 0.0160 e. The number of unbranched alkanes of at least 4 members (excludes halogenated alkanes) is 3. The van der Waals surface area contributed by atoms with E-state index in [0.29, 0.717) is 0 Å². The zero-order chi connectivity index (χ0) is 11.6. The fourth-order valence-corrected chi connectivity index (χ4v) is 1.97. The standard InChI is InChI=1S/C14H28N2/c1-3-12-16(4-2)13-8-6-5-7-11-15-14-9-10-14/h3,14-15H,1,4-13H2,2H3. The highest BCUT2D eigenvalue weighted by atomic mass is 15.1. The molecule has 1 saturated carbocycles. The topological polar surface area (TPSA) is 15.3 Å². The molecule has 0 aromatic heterocycles. The summed E-state index contributed by atoms with van der Waals surface area (Å²) >= 11 is 0. The molecule has 0 aliphatic heterocycles. The van der Waals surface area contributed by atoms with Crippen molar-refractivity contribution in [1.82, 2.24) is 10.2 Å². The van der Waals surface area contributed by atoms with Gasteiger partial charge in [-0.1, -0.05) is 25.8 Å². The van der Waals surface area contributed by atoms with Gasteiger partial charge in [0.2, 0.25) is 0 Å². The first-order valence-electron chi connectivity index (χ1n) is 6.93. The molecule has 1 N–H and O–H groups in total. The molecule has 1 aliphatic rings. The number of hydrogen-bond acceptors (Lipinski definition) is 2. The van der Waals surface area contributed by atoms with E-state index in [1.54, 1.807) is 0 Å². The molecule has 1 fully saturated rings. The van der Waals surface area contributed by atoms with Gasteiger partial charge in [-0.05, 0) is 45.3 Å². The first kappa shape index (κ1) is 13.7. The second-order valence-corrected chi connectivity index (χ2v) is 4.82. The smallest absolute Gasteiger partial charge is 0.0160 e. The Bertz CT molecular complexity index is 176. The van der Waals surface area contributed by atoms with Crippen LogP contribution in [0.15, 0.2) is 12.7 Å². The van der Waals surface area contributed by atoms with Crippen LogP contribution < -0.4 is 5.32 Å². The van der Waals surface area contributed by atoms with Crippen LogP contribution in [0.1, 0.15) is 45.4 Å². The summed E-state index contributed by atoms with van der Waals surface area (Å²) < 4.78 is 0. The minimum absolute atomic E-state index is 0.878. The third kappa shape index (κ3) is 7.02. The molecule has 1 aliphatic carbocycles. The molecule has 0 spiro atoms. The van der Waals surface area contributed by atoms with E-state index in [4.69, 9.17) is 0 Å². The number of nitrogens with one attached hydrogen (secondary N) is 1. The van der Waals surface area contributed by atoms with Crippen molar-refractivity contribution in [3.8, 4) is 0 Å². The SMILES string of the molecule is C=CCN(CC)CCCCCCNC1CC1.